The van der Waals surface area contributed by atoms with E-state index >= 15 is 0 Å². The van der Waals surface area contributed by atoms with Crippen LogP contribution in [0.25, 0.3) is 6.08 Å². The lowest BCUT2D eigenvalue weighted by molar-refractivity contribution is -0.112. The molecule has 0 unspecified atom stereocenters. The van der Waals surface area contributed by atoms with E-state index in [1.807, 2.05) is 6.07 Å². The lowest BCUT2D eigenvalue weighted by Crippen LogP contribution is -2.16. The molecule has 0 aliphatic rings. The van der Waals surface area contributed by atoms with Crippen molar-refractivity contribution >= 4 is 40.1 Å². The van der Waals surface area contributed by atoms with E-state index in [0.29, 0.717) is 21.8 Å². The Morgan fingerprint density at radius 2 is 1.97 bits per heavy atom. The molecule has 0 bridgehead atoms. The quantitative estimate of drug-likeness (QED) is 0.319. The van der Waals surface area contributed by atoms with E-state index in [0.717, 1.165) is 11.3 Å². The first-order valence-electron chi connectivity index (χ1n) is 8.71. The number of hydrogen-bond donors (Lipinski definition) is 1. The van der Waals surface area contributed by atoms with Crippen LogP contribution in [-0.2, 0) is 9.53 Å². The minimum Gasteiger partial charge on any atom is -0.496 e. The van der Waals surface area contributed by atoms with Crippen molar-refractivity contribution in [2.45, 2.75) is 20.8 Å². The molecule has 7 nitrogen and oxygen atoms in total. The van der Waals surface area contributed by atoms with Crippen molar-refractivity contribution < 1.29 is 23.9 Å². The van der Waals surface area contributed by atoms with Gasteiger partial charge in [-0.15, -0.1) is 11.3 Å². The van der Waals surface area contributed by atoms with Gasteiger partial charge in [0.15, 0.2) is 5.78 Å². The monoisotopic (exact) mass is 412 g/mol. The number of benzene rings is 1. The number of para-hydroxylation sites is 1. The Hall–Kier alpha value is -3.44. The second kappa shape index (κ2) is 9.66. The van der Waals surface area contributed by atoms with Crippen LogP contribution >= 0.6 is 11.3 Å². The van der Waals surface area contributed by atoms with E-state index in [2.05, 4.69) is 5.32 Å². The molecule has 1 heterocycles. The zero-order valence-corrected chi connectivity index (χ0v) is 17.3. The predicted octanol–water partition coefficient (Wildman–Crippen LogP) is 3.99. The Balaban J connectivity index is 2.44. The van der Waals surface area contributed by atoms with E-state index < -0.39 is 11.9 Å². The maximum Gasteiger partial charge on any atom is 0.341 e. The van der Waals surface area contributed by atoms with Crippen LogP contribution in [-0.4, -0.2) is 31.4 Å². The third kappa shape index (κ3) is 4.89. The highest BCUT2D eigenvalue weighted by Gasteiger charge is 2.26. The summed E-state index contributed by atoms with van der Waals surface area (Å²) >= 11 is 0.975. The molecule has 1 aromatic carbocycles. The van der Waals surface area contributed by atoms with Gasteiger partial charge in [0.2, 0.25) is 0 Å². The van der Waals surface area contributed by atoms with Gasteiger partial charge in [-0.2, -0.15) is 5.26 Å². The normalized spacial score (nSPS) is 10.8. The van der Waals surface area contributed by atoms with Gasteiger partial charge in [-0.25, -0.2) is 4.79 Å². The second-order valence-corrected chi connectivity index (χ2v) is 6.92. The molecule has 0 atom stereocenters. The largest absolute Gasteiger partial charge is 0.496 e. The summed E-state index contributed by atoms with van der Waals surface area (Å²) in [6.07, 6.45) is 1.39. The molecular formula is C21H20N2O5S. The number of methoxy groups -OCH3 is 1. The number of nitriles is 1. The van der Waals surface area contributed by atoms with Crippen LogP contribution in [0.5, 0.6) is 5.75 Å². The number of amides is 1. The van der Waals surface area contributed by atoms with Crippen LogP contribution in [0.3, 0.4) is 0 Å². The average Bonchev–Trinajstić information content (AvgIpc) is 3.02. The Morgan fingerprint density at radius 3 is 2.55 bits per heavy atom. The molecule has 0 saturated heterocycles. The van der Waals surface area contributed by atoms with Gasteiger partial charge in [-0.05, 0) is 38.5 Å². The molecule has 0 aliphatic carbocycles. The molecule has 0 aliphatic heterocycles. The number of ether oxygens (including phenoxy) is 2. The van der Waals surface area contributed by atoms with Gasteiger partial charge in [0.1, 0.15) is 22.4 Å². The molecule has 0 fully saturated rings. The Morgan fingerprint density at radius 1 is 1.28 bits per heavy atom. The number of ketones is 1. The highest BCUT2D eigenvalue weighted by Crippen LogP contribution is 2.34. The van der Waals surface area contributed by atoms with Gasteiger partial charge >= 0.3 is 5.97 Å². The summed E-state index contributed by atoms with van der Waals surface area (Å²) < 4.78 is 10.3. The Labute approximate surface area is 172 Å². The van der Waals surface area contributed by atoms with Crippen molar-refractivity contribution in [3.05, 3.63) is 51.4 Å². The highest BCUT2D eigenvalue weighted by atomic mass is 32.1. The Bertz CT molecular complexity index is 1030. The lowest BCUT2D eigenvalue weighted by atomic mass is 10.1. The number of hydrogen-bond acceptors (Lipinski definition) is 7. The van der Waals surface area contributed by atoms with Crippen LogP contribution in [0.2, 0.25) is 0 Å². The maximum absolute atomic E-state index is 12.7. The van der Waals surface area contributed by atoms with E-state index in [-0.39, 0.29) is 28.5 Å². The number of carbonyl (C=O) groups is 3. The smallest absolute Gasteiger partial charge is 0.341 e. The molecule has 2 aromatic rings. The van der Waals surface area contributed by atoms with Gasteiger partial charge in [0.05, 0.1) is 24.2 Å². The maximum atomic E-state index is 12.7. The average molecular weight is 412 g/mol. The van der Waals surface area contributed by atoms with Crippen molar-refractivity contribution in [2.75, 3.05) is 19.0 Å². The van der Waals surface area contributed by atoms with Crippen molar-refractivity contribution in [2.24, 2.45) is 0 Å². The number of anilines is 1. The number of nitrogens with zero attached hydrogens (tertiary/aromatic N) is 1. The van der Waals surface area contributed by atoms with Gasteiger partial charge in [0, 0.05) is 5.56 Å². The van der Waals surface area contributed by atoms with E-state index in [9.17, 15) is 19.6 Å². The molecule has 1 aromatic heterocycles. The molecule has 29 heavy (non-hydrogen) atoms. The van der Waals surface area contributed by atoms with Crippen LogP contribution in [0.4, 0.5) is 5.00 Å². The topological polar surface area (TPSA) is 105 Å². The molecule has 1 N–H and O–H groups in total. The molecule has 150 valence electrons. The number of rotatable bonds is 7. The molecule has 0 spiro atoms. The summed E-state index contributed by atoms with van der Waals surface area (Å²) in [5.41, 5.74) is 0.923. The van der Waals surface area contributed by atoms with Crippen LogP contribution in [0, 0.1) is 18.3 Å². The zero-order valence-electron chi connectivity index (χ0n) is 16.5. The number of carbonyl (C=O) groups excluding carboxylic acids is 3. The van der Waals surface area contributed by atoms with E-state index in [1.54, 1.807) is 38.1 Å². The third-order valence-electron chi connectivity index (χ3n) is 3.98. The standard InChI is InChI=1S/C21H20N2O5S/c1-5-28-21(26)17-12(2)18(13(3)24)29-20(17)23-19(25)15(11-22)10-14-8-6-7-9-16(14)27-4/h6-10H,5H2,1-4H3,(H,23,25)/b15-10+. The summed E-state index contributed by atoms with van der Waals surface area (Å²) in [5, 5.41) is 12.2. The fourth-order valence-electron chi connectivity index (χ4n) is 2.65. The predicted molar refractivity (Wildman–Crippen MR) is 110 cm³/mol. The number of esters is 1. The van der Waals surface area contributed by atoms with Crippen LogP contribution in [0.1, 0.15) is 45.0 Å². The van der Waals surface area contributed by atoms with E-state index in [4.69, 9.17) is 9.47 Å². The molecule has 0 saturated carbocycles. The zero-order chi connectivity index (χ0) is 21.6. The van der Waals surface area contributed by atoms with Crippen molar-refractivity contribution in [3.8, 4) is 11.8 Å². The Kier molecular flexibility index (Phi) is 7.28. The fraction of sp³-hybridized carbons (Fsp3) is 0.238. The minimum atomic E-state index is -0.708. The highest BCUT2D eigenvalue weighted by molar-refractivity contribution is 7.18. The van der Waals surface area contributed by atoms with Gasteiger partial charge in [-0.3, -0.25) is 9.59 Å². The number of nitrogens with one attached hydrogen (secondary N) is 1. The molecule has 0 radical (unpaired) electrons. The van der Waals surface area contributed by atoms with Crippen LogP contribution in [0.15, 0.2) is 29.8 Å². The summed E-state index contributed by atoms with van der Waals surface area (Å²) in [6.45, 7) is 4.80. The first-order chi connectivity index (χ1) is 13.8. The van der Waals surface area contributed by atoms with Crippen LogP contribution < -0.4 is 10.1 Å². The first-order valence-corrected chi connectivity index (χ1v) is 9.53. The van der Waals surface area contributed by atoms with Gasteiger partial charge in [-0.1, -0.05) is 18.2 Å². The summed E-state index contributed by atoms with van der Waals surface area (Å²) in [5.74, 6) is -1.08. The van der Waals surface area contributed by atoms with E-state index in [1.165, 1.54) is 20.1 Å². The third-order valence-corrected chi connectivity index (χ3v) is 5.29. The first kappa shape index (κ1) is 21.9. The van der Waals surface area contributed by atoms with Crippen molar-refractivity contribution in [1.29, 1.82) is 5.26 Å². The number of thiophene rings is 1. The van der Waals surface area contributed by atoms with Crippen molar-refractivity contribution in [3.63, 3.8) is 0 Å². The molecule has 2 rings (SSSR count). The second-order valence-electron chi connectivity index (χ2n) is 5.90. The van der Waals surface area contributed by atoms with Gasteiger partial charge < -0.3 is 14.8 Å². The SMILES string of the molecule is CCOC(=O)c1c(NC(=O)/C(C#N)=C/c2ccccc2OC)sc(C(C)=O)c1C. The van der Waals surface area contributed by atoms with Gasteiger partial charge in [0.25, 0.3) is 5.91 Å². The molecule has 1 amide bonds. The summed E-state index contributed by atoms with van der Waals surface area (Å²) in [6, 6.07) is 8.79. The lowest BCUT2D eigenvalue weighted by Gasteiger charge is -2.07. The minimum absolute atomic E-state index is 0.116. The molecule has 8 heteroatoms. The summed E-state index contributed by atoms with van der Waals surface area (Å²) in [4.78, 5) is 37.3. The van der Waals surface area contributed by atoms with Crippen molar-refractivity contribution in [1.82, 2.24) is 0 Å². The molecular weight excluding hydrogens is 392 g/mol. The fourth-order valence-corrected chi connectivity index (χ4v) is 3.73. The number of Topliss-reactive ketones (excluding diaryl/α,β-unsaturated/α-hetero) is 1. The summed E-state index contributed by atoms with van der Waals surface area (Å²) in [7, 11) is 1.49.